The van der Waals surface area contributed by atoms with Gasteiger partial charge in [-0.3, -0.25) is 4.90 Å². The molecule has 2 heterocycles. The molecule has 0 radical (unpaired) electrons. The summed E-state index contributed by atoms with van der Waals surface area (Å²) >= 11 is 0. The van der Waals surface area contributed by atoms with Crippen LogP contribution in [0.1, 0.15) is 25.0 Å². The lowest BCUT2D eigenvalue weighted by molar-refractivity contribution is 0.0733. The first kappa shape index (κ1) is 26.1. The second-order valence-corrected chi connectivity index (χ2v) is 10.4. The van der Waals surface area contributed by atoms with Crippen LogP contribution in [0.15, 0.2) is 41.8 Å². The number of ether oxygens (including phenoxy) is 2. The van der Waals surface area contributed by atoms with Gasteiger partial charge in [-0.25, -0.2) is 18.4 Å². The molecular weight excluding hydrogens is 456 g/mol. The van der Waals surface area contributed by atoms with Crippen LogP contribution in [0.2, 0.25) is 0 Å². The molecule has 0 spiro atoms. The monoisotopic (exact) mass is 488 g/mol. The molecule has 1 aromatic heterocycles. The molecule has 34 heavy (non-hydrogen) atoms. The van der Waals surface area contributed by atoms with E-state index in [1.165, 1.54) is 16.7 Å². The van der Waals surface area contributed by atoms with Crippen molar-refractivity contribution in [2.45, 2.75) is 37.4 Å². The minimum absolute atomic E-state index is 0.0705. The number of sulfonamides is 1. The van der Waals surface area contributed by atoms with Gasteiger partial charge in [0.15, 0.2) is 0 Å². The van der Waals surface area contributed by atoms with E-state index in [9.17, 15) is 13.5 Å². The molecule has 9 nitrogen and oxygen atoms in total. The number of aliphatic hydroxyl groups is 1. The number of benzene rings is 1. The maximum Gasteiger partial charge on any atom is 0.247 e. The molecule has 0 fully saturated rings. The number of methoxy groups -OCH3 is 1. The largest absolute Gasteiger partial charge is 0.487 e. The number of fused-ring (bicyclic) bond motifs is 1. The molecule has 0 unspecified atom stereocenters. The third kappa shape index (κ3) is 6.31. The van der Waals surface area contributed by atoms with Gasteiger partial charge in [0, 0.05) is 62.2 Å². The van der Waals surface area contributed by atoms with Crippen LogP contribution in [0.3, 0.4) is 0 Å². The van der Waals surface area contributed by atoms with E-state index in [0.717, 1.165) is 5.56 Å². The molecule has 10 heteroatoms. The van der Waals surface area contributed by atoms with Gasteiger partial charge in [0.25, 0.3) is 0 Å². The zero-order chi connectivity index (χ0) is 24.7. The normalized spacial score (nSPS) is 20.9. The van der Waals surface area contributed by atoms with Crippen molar-refractivity contribution in [2.75, 3.05) is 40.5 Å². The molecule has 0 aliphatic carbocycles. The Morgan fingerprint density at radius 1 is 1.35 bits per heavy atom. The summed E-state index contributed by atoms with van der Waals surface area (Å²) in [6.45, 7) is 5.06. The molecule has 1 aliphatic rings. The van der Waals surface area contributed by atoms with Gasteiger partial charge < -0.3 is 14.6 Å². The number of aromatic nitrogens is 2. The molecule has 1 aromatic carbocycles. The maximum atomic E-state index is 13.5. The van der Waals surface area contributed by atoms with Gasteiger partial charge in [-0.1, -0.05) is 18.8 Å². The Kier molecular flexibility index (Phi) is 8.99. The third-order valence-corrected chi connectivity index (χ3v) is 7.69. The van der Waals surface area contributed by atoms with E-state index in [4.69, 9.17) is 9.47 Å². The summed E-state index contributed by atoms with van der Waals surface area (Å²) in [6.07, 6.45) is 4.72. The fraction of sp³-hybridized carbons (Fsp3) is 0.500. The summed E-state index contributed by atoms with van der Waals surface area (Å²) in [5, 5.41) is 9.77. The van der Waals surface area contributed by atoms with Crippen LogP contribution in [0.25, 0.3) is 0 Å². The molecule has 0 amide bonds. The number of likely N-dealkylation sites (N-methyl/N-ethyl adjacent to an activating group) is 1. The average molecular weight is 489 g/mol. The van der Waals surface area contributed by atoms with Gasteiger partial charge in [-0.15, -0.1) is 0 Å². The Morgan fingerprint density at radius 3 is 2.76 bits per heavy atom. The van der Waals surface area contributed by atoms with Crippen LogP contribution in [0.5, 0.6) is 5.75 Å². The van der Waals surface area contributed by atoms with E-state index in [2.05, 4.69) is 26.7 Å². The van der Waals surface area contributed by atoms with E-state index in [1.807, 2.05) is 14.0 Å². The molecule has 0 saturated heterocycles. The van der Waals surface area contributed by atoms with Crippen LogP contribution in [0.4, 0.5) is 0 Å². The second-order valence-electron chi connectivity index (χ2n) is 8.58. The van der Waals surface area contributed by atoms with E-state index in [0.29, 0.717) is 18.7 Å². The lowest BCUT2D eigenvalue weighted by Gasteiger charge is -2.37. The van der Waals surface area contributed by atoms with Crippen LogP contribution in [-0.2, 0) is 21.3 Å². The van der Waals surface area contributed by atoms with Crippen molar-refractivity contribution >= 4 is 10.0 Å². The Bertz CT molecular complexity index is 1120. The third-order valence-electron chi connectivity index (χ3n) is 5.67. The predicted octanol–water partition coefficient (Wildman–Crippen LogP) is 1.38. The number of hydrogen-bond donors (Lipinski definition) is 1. The van der Waals surface area contributed by atoms with Crippen molar-refractivity contribution in [3.8, 4) is 17.6 Å². The van der Waals surface area contributed by atoms with E-state index in [1.54, 1.807) is 38.6 Å². The molecule has 1 aliphatic heterocycles. The minimum atomic E-state index is -3.88. The summed E-state index contributed by atoms with van der Waals surface area (Å²) in [5.41, 5.74) is 1.60. The first-order chi connectivity index (χ1) is 16.3. The van der Waals surface area contributed by atoms with Crippen molar-refractivity contribution in [3.63, 3.8) is 0 Å². The van der Waals surface area contributed by atoms with E-state index in [-0.39, 0.29) is 42.4 Å². The number of rotatable bonds is 7. The summed E-state index contributed by atoms with van der Waals surface area (Å²) < 4.78 is 39.7. The van der Waals surface area contributed by atoms with Gasteiger partial charge in [-0.05, 0) is 32.2 Å². The fourth-order valence-corrected chi connectivity index (χ4v) is 5.65. The summed E-state index contributed by atoms with van der Waals surface area (Å²) in [5.74, 6) is 5.97. The lowest BCUT2D eigenvalue weighted by Crippen LogP contribution is -2.49. The number of aliphatic hydroxyl groups excluding tert-OH is 1. The van der Waals surface area contributed by atoms with Crippen molar-refractivity contribution in [1.82, 2.24) is 19.2 Å². The highest BCUT2D eigenvalue weighted by molar-refractivity contribution is 7.89. The average Bonchev–Trinajstić information content (AvgIpc) is 2.81. The quantitative estimate of drug-likeness (QED) is 0.583. The fourth-order valence-electron chi connectivity index (χ4n) is 3.83. The highest BCUT2D eigenvalue weighted by Crippen LogP contribution is 2.34. The van der Waals surface area contributed by atoms with Crippen molar-refractivity contribution in [3.05, 3.63) is 48.0 Å². The van der Waals surface area contributed by atoms with Gasteiger partial charge in [0.05, 0.1) is 6.61 Å². The second kappa shape index (κ2) is 11.7. The van der Waals surface area contributed by atoms with Gasteiger partial charge in [-0.2, -0.15) is 4.31 Å². The van der Waals surface area contributed by atoms with Crippen LogP contribution in [-0.4, -0.2) is 85.3 Å². The maximum absolute atomic E-state index is 13.5. The van der Waals surface area contributed by atoms with Crippen LogP contribution < -0.4 is 4.74 Å². The Morgan fingerprint density at radius 2 is 2.09 bits per heavy atom. The first-order valence-corrected chi connectivity index (χ1v) is 12.5. The molecule has 0 bridgehead atoms. The molecule has 3 rings (SSSR count). The Balaban J connectivity index is 1.97. The molecule has 184 valence electrons. The summed E-state index contributed by atoms with van der Waals surface area (Å²) in [6, 6.07) is 4.27. The van der Waals surface area contributed by atoms with Crippen LogP contribution >= 0.6 is 0 Å². The highest BCUT2D eigenvalue weighted by atomic mass is 32.2. The summed E-state index contributed by atoms with van der Waals surface area (Å²) in [4.78, 5) is 10.3. The molecule has 1 N–H and O–H groups in total. The zero-order valence-corrected chi connectivity index (χ0v) is 20.8. The highest BCUT2D eigenvalue weighted by Gasteiger charge is 2.38. The first-order valence-electron chi connectivity index (χ1n) is 11.1. The van der Waals surface area contributed by atoms with Gasteiger partial charge in [0.1, 0.15) is 29.7 Å². The topological polar surface area (TPSA) is 105 Å². The predicted molar refractivity (Wildman–Crippen MR) is 128 cm³/mol. The van der Waals surface area contributed by atoms with Crippen molar-refractivity contribution in [1.29, 1.82) is 0 Å². The van der Waals surface area contributed by atoms with E-state index >= 15 is 0 Å². The van der Waals surface area contributed by atoms with Gasteiger partial charge >= 0.3 is 0 Å². The summed E-state index contributed by atoms with van der Waals surface area (Å²) in [7, 11) is -0.350. The number of hydrogen-bond acceptors (Lipinski definition) is 8. The van der Waals surface area contributed by atoms with Crippen LogP contribution in [0, 0.1) is 17.8 Å². The minimum Gasteiger partial charge on any atom is -0.487 e. The standard InChI is InChI=1S/C24H32N4O5S/c1-18-13-28(19(2)16-29)34(30,31)24-8-7-20(6-5-9-32-4)10-22(24)33-23(18)15-27(3)14-21-11-25-17-26-12-21/h7-8,10-12,17-19,23,29H,9,13-16H2,1-4H3/t18-,19+,23+/m0/s1. The SMILES string of the molecule is COCC#Cc1ccc2c(c1)O[C@H](CN(C)Cc1cncnc1)[C@@H](C)CN([C@H](C)CO)S2(=O)=O. The molecule has 0 saturated carbocycles. The molecule has 3 atom stereocenters. The van der Waals surface area contributed by atoms with Crippen molar-refractivity contribution in [2.24, 2.45) is 5.92 Å². The Labute approximate surface area is 201 Å². The molecule has 2 aromatic rings. The molecular formula is C24H32N4O5S. The van der Waals surface area contributed by atoms with E-state index < -0.39 is 16.1 Å². The number of nitrogens with zero attached hydrogens (tertiary/aromatic N) is 4. The van der Waals surface area contributed by atoms with Crippen molar-refractivity contribution < 1.29 is 23.0 Å². The van der Waals surface area contributed by atoms with Gasteiger partial charge in [0.2, 0.25) is 10.0 Å². The Hall–Kier alpha value is -2.55. The zero-order valence-electron chi connectivity index (χ0n) is 20.0. The smallest absolute Gasteiger partial charge is 0.247 e. The lowest BCUT2D eigenvalue weighted by atomic mass is 10.0.